The maximum absolute atomic E-state index is 9.93. The Morgan fingerprint density at radius 2 is 1.88 bits per heavy atom. The minimum absolute atomic E-state index is 0. The number of phenols is 1. The van der Waals surface area contributed by atoms with Crippen LogP contribution in [0.4, 0.5) is 0 Å². The molecule has 0 bridgehead atoms. The fourth-order valence-corrected chi connectivity index (χ4v) is 3.81. The van der Waals surface area contributed by atoms with E-state index >= 15 is 0 Å². The number of rotatable bonds is 2. The van der Waals surface area contributed by atoms with Gasteiger partial charge in [-0.1, -0.05) is 35.6 Å². The Bertz CT molecular complexity index is 1060. The van der Waals surface area contributed by atoms with E-state index in [1.54, 1.807) is 23.6 Å². The van der Waals surface area contributed by atoms with Crippen molar-refractivity contribution in [3.8, 4) is 5.75 Å². The predicted molar refractivity (Wildman–Crippen MR) is 95.3 cm³/mol. The second kappa shape index (κ2) is 6.86. The quantitative estimate of drug-likeness (QED) is 0.371. The highest BCUT2D eigenvalue weighted by Crippen LogP contribution is 2.26. The molecule has 0 aliphatic heterocycles. The van der Waals surface area contributed by atoms with Gasteiger partial charge >= 0.3 is 0 Å². The minimum Gasteiger partial charge on any atom is -1.00 e. The molecule has 0 aliphatic rings. The van der Waals surface area contributed by atoms with Crippen LogP contribution < -0.4 is 28.5 Å². The minimum atomic E-state index is 0. The lowest BCUT2D eigenvalue weighted by Gasteiger charge is -2.02. The Kier molecular flexibility index (Phi) is 4.82. The van der Waals surface area contributed by atoms with Crippen LogP contribution in [-0.4, -0.2) is 10.1 Å². The maximum atomic E-state index is 9.93. The number of aromatic hydroxyl groups is 1. The van der Waals surface area contributed by atoms with E-state index < -0.39 is 0 Å². The number of fused-ring (bicyclic) bond motifs is 2. The average molecular weight is 446 g/mol. The van der Waals surface area contributed by atoms with E-state index in [1.165, 1.54) is 15.2 Å². The van der Waals surface area contributed by atoms with Crippen LogP contribution in [0.3, 0.4) is 0 Å². The Balaban J connectivity index is 0.00000169. The largest absolute Gasteiger partial charge is 1.00 e. The first-order valence-corrected chi connectivity index (χ1v) is 8.18. The van der Waals surface area contributed by atoms with E-state index in [1.807, 2.05) is 18.2 Å². The molecular weight excluding hydrogens is 431 g/mol. The van der Waals surface area contributed by atoms with Gasteiger partial charge in [-0.2, -0.15) is 4.57 Å². The molecule has 0 spiro atoms. The molecule has 2 aromatic carbocycles. The van der Waals surface area contributed by atoms with Crippen molar-refractivity contribution in [1.82, 2.24) is 4.98 Å². The van der Waals surface area contributed by atoms with Crippen molar-refractivity contribution in [1.29, 1.82) is 0 Å². The molecule has 0 saturated heterocycles. The van der Waals surface area contributed by atoms with E-state index in [0.717, 1.165) is 10.9 Å². The highest BCUT2D eigenvalue weighted by Gasteiger charge is 2.13. The number of nitrogens with zero attached hydrogens (tertiary/aromatic N) is 2. The van der Waals surface area contributed by atoms with Gasteiger partial charge in [-0.15, -0.1) is 0 Å². The van der Waals surface area contributed by atoms with Gasteiger partial charge < -0.3 is 29.1 Å². The number of aromatic nitrogens is 2. The summed E-state index contributed by atoms with van der Waals surface area (Å²) in [5.74, 6) is 0.213. The molecular formula is C19H15IN2OS. The number of hydrogen-bond donors (Lipinski definition) is 1. The summed E-state index contributed by atoms with van der Waals surface area (Å²) in [4.78, 5) is 4.26. The topological polar surface area (TPSA) is 37.0 Å². The van der Waals surface area contributed by atoms with Crippen LogP contribution in [0.25, 0.3) is 33.3 Å². The predicted octanol–water partition coefficient (Wildman–Crippen LogP) is 1.15. The Labute approximate surface area is 160 Å². The molecule has 0 unspecified atom stereocenters. The highest BCUT2D eigenvalue weighted by atomic mass is 127. The molecule has 0 radical (unpaired) electrons. The molecule has 120 valence electrons. The molecule has 24 heavy (non-hydrogen) atoms. The van der Waals surface area contributed by atoms with Crippen molar-refractivity contribution in [2.75, 3.05) is 0 Å². The van der Waals surface area contributed by atoms with Gasteiger partial charge in [-0.25, -0.2) is 0 Å². The molecule has 0 amide bonds. The Morgan fingerprint density at radius 1 is 1.04 bits per heavy atom. The lowest BCUT2D eigenvalue weighted by atomic mass is 10.1. The molecule has 0 aliphatic carbocycles. The van der Waals surface area contributed by atoms with Crippen LogP contribution in [0, 0.1) is 0 Å². The number of thiazole rings is 1. The third-order valence-electron chi connectivity index (χ3n) is 3.96. The third kappa shape index (κ3) is 2.89. The monoisotopic (exact) mass is 446 g/mol. The van der Waals surface area contributed by atoms with Crippen LogP contribution in [0.5, 0.6) is 5.75 Å². The summed E-state index contributed by atoms with van der Waals surface area (Å²) >= 11 is 1.76. The van der Waals surface area contributed by atoms with Gasteiger partial charge in [0.25, 0.3) is 5.01 Å². The molecule has 3 nitrogen and oxygen atoms in total. The zero-order valence-corrected chi connectivity index (χ0v) is 16.0. The van der Waals surface area contributed by atoms with Crippen molar-refractivity contribution in [3.63, 3.8) is 0 Å². The molecule has 2 aromatic heterocycles. The highest BCUT2D eigenvalue weighted by molar-refractivity contribution is 7.18. The van der Waals surface area contributed by atoms with Crippen LogP contribution in [-0.2, 0) is 7.05 Å². The van der Waals surface area contributed by atoms with Gasteiger partial charge in [0, 0.05) is 23.7 Å². The first-order valence-electron chi connectivity index (χ1n) is 7.36. The number of halogens is 1. The lowest BCUT2D eigenvalue weighted by molar-refractivity contribution is -0.642. The zero-order valence-electron chi connectivity index (χ0n) is 13.0. The van der Waals surface area contributed by atoms with E-state index in [9.17, 15) is 5.11 Å². The summed E-state index contributed by atoms with van der Waals surface area (Å²) in [6.07, 6.45) is 5.92. The van der Waals surface area contributed by atoms with Gasteiger partial charge in [0.05, 0.1) is 0 Å². The molecule has 4 aromatic rings. The lowest BCUT2D eigenvalue weighted by Crippen LogP contribution is -3.00. The first kappa shape index (κ1) is 16.9. The fourth-order valence-electron chi connectivity index (χ4n) is 2.75. The van der Waals surface area contributed by atoms with Crippen molar-refractivity contribution >= 4 is 44.6 Å². The molecule has 0 fully saturated rings. The van der Waals surface area contributed by atoms with Crippen LogP contribution in [0.2, 0.25) is 0 Å². The SMILES string of the molecule is C[n+]1c(/C=C/c2ccnc3c(O)cccc23)sc2ccccc21.[I-]. The Morgan fingerprint density at radius 3 is 2.71 bits per heavy atom. The van der Waals surface area contributed by atoms with Gasteiger partial charge in [0.2, 0.25) is 5.52 Å². The second-order valence-corrected chi connectivity index (χ2v) is 6.44. The molecule has 5 heteroatoms. The molecule has 0 saturated carbocycles. The summed E-state index contributed by atoms with van der Waals surface area (Å²) in [5.41, 5.74) is 2.91. The maximum Gasteiger partial charge on any atom is 0.262 e. The summed E-state index contributed by atoms with van der Waals surface area (Å²) in [6, 6.07) is 15.8. The fraction of sp³-hybridized carbons (Fsp3) is 0.0526. The summed E-state index contributed by atoms with van der Waals surface area (Å²) in [5, 5.41) is 12.1. The van der Waals surface area contributed by atoms with Gasteiger partial charge in [-0.05, 0) is 29.8 Å². The number of pyridine rings is 1. The van der Waals surface area contributed by atoms with Crippen molar-refractivity contribution in [3.05, 3.63) is 65.3 Å². The van der Waals surface area contributed by atoms with Crippen LogP contribution in [0.15, 0.2) is 54.7 Å². The zero-order chi connectivity index (χ0) is 15.8. The van der Waals surface area contributed by atoms with Gasteiger partial charge in [0.1, 0.15) is 23.0 Å². The number of aryl methyl sites for hydroxylation is 1. The van der Waals surface area contributed by atoms with Gasteiger partial charge in [-0.3, -0.25) is 4.98 Å². The Hall–Kier alpha value is -1.99. The third-order valence-corrected chi connectivity index (χ3v) is 5.14. The molecule has 0 atom stereocenters. The summed E-state index contributed by atoms with van der Waals surface area (Å²) < 4.78 is 3.46. The molecule has 4 rings (SSSR count). The normalized spacial score (nSPS) is 11.2. The van der Waals surface area contributed by atoms with Crippen LogP contribution in [0.1, 0.15) is 10.6 Å². The standard InChI is InChI=1S/C19H14N2OS.HI/c1-21-15-6-2-3-8-17(15)23-18(21)10-9-13-11-12-20-19-14(13)5-4-7-16(19)22;/h2-12H,1H3;1H. The van der Waals surface area contributed by atoms with E-state index in [0.29, 0.717) is 5.52 Å². The molecule has 1 N–H and O–H groups in total. The van der Waals surface area contributed by atoms with E-state index in [-0.39, 0.29) is 29.7 Å². The van der Waals surface area contributed by atoms with Crippen molar-refractivity contribution in [2.45, 2.75) is 0 Å². The number of hydrogen-bond acceptors (Lipinski definition) is 3. The van der Waals surface area contributed by atoms with Crippen molar-refractivity contribution < 1.29 is 33.7 Å². The average Bonchev–Trinajstić information content (AvgIpc) is 2.90. The van der Waals surface area contributed by atoms with Crippen molar-refractivity contribution in [2.24, 2.45) is 7.05 Å². The smallest absolute Gasteiger partial charge is 0.262 e. The number of benzene rings is 2. The second-order valence-electron chi connectivity index (χ2n) is 5.37. The number of para-hydroxylation sites is 2. The number of phenolic OH excluding ortho intramolecular Hbond substituents is 1. The summed E-state index contributed by atoms with van der Waals surface area (Å²) in [6.45, 7) is 0. The first-order chi connectivity index (χ1) is 11.2. The van der Waals surface area contributed by atoms with Gasteiger partial charge in [0.15, 0.2) is 0 Å². The summed E-state index contributed by atoms with van der Waals surface area (Å²) in [7, 11) is 2.08. The molecule has 2 heterocycles. The van der Waals surface area contributed by atoms with E-state index in [4.69, 9.17) is 0 Å². The van der Waals surface area contributed by atoms with Crippen LogP contribution >= 0.6 is 11.3 Å². The van der Waals surface area contributed by atoms with E-state index in [2.05, 4.69) is 53.0 Å².